The van der Waals surface area contributed by atoms with E-state index in [1.165, 1.54) is 38.6 Å². The highest BCUT2D eigenvalue weighted by molar-refractivity contribution is 8.00. The normalized spacial score (nSPS) is 36.5. The monoisotopic (exact) mass is 200 g/mol. The number of rotatable bonds is 4. The van der Waals surface area contributed by atoms with Crippen LogP contribution in [0.15, 0.2) is 0 Å². The third kappa shape index (κ3) is 2.03. The van der Waals surface area contributed by atoms with E-state index < -0.39 is 0 Å². The predicted octanol–water partition coefficient (Wildman–Crippen LogP) is 1.35. The Balaban J connectivity index is 1.66. The van der Waals surface area contributed by atoms with Crippen LogP contribution >= 0.6 is 11.8 Å². The first-order valence-corrected chi connectivity index (χ1v) is 6.51. The molecule has 2 aliphatic rings. The average molecular weight is 200 g/mol. The molecule has 0 unspecified atom stereocenters. The summed E-state index contributed by atoms with van der Waals surface area (Å²) in [5.41, 5.74) is 5.74. The standard InChI is InChI=1S/C10H20N2S/c1-13-10(3-2-4-10)7-12-9-5-8(11)6-9/h8-9,12H,2-7,11H2,1H3. The van der Waals surface area contributed by atoms with Gasteiger partial charge in [-0.05, 0) is 31.9 Å². The molecule has 2 aliphatic carbocycles. The van der Waals surface area contributed by atoms with Gasteiger partial charge in [-0.2, -0.15) is 11.8 Å². The maximum absolute atomic E-state index is 5.74. The first-order chi connectivity index (χ1) is 6.24. The molecule has 0 saturated heterocycles. The number of nitrogens with one attached hydrogen (secondary N) is 1. The Morgan fingerprint density at radius 3 is 2.54 bits per heavy atom. The Labute approximate surface area is 85.0 Å². The highest BCUT2D eigenvalue weighted by Gasteiger charge is 2.37. The topological polar surface area (TPSA) is 38.0 Å². The van der Waals surface area contributed by atoms with Gasteiger partial charge in [0.1, 0.15) is 0 Å². The summed E-state index contributed by atoms with van der Waals surface area (Å²) in [6.45, 7) is 1.20. The van der Waals surface area contributed by atoms with E-state index in [-0.39, 0.29) is 0 Å². The zero-order valence-electron chi connectivity index (χ0n) is 8.38. The molecule has 0 heterocycles. The number of nitrogens with two attached hydrogens (primary N) is 1. The SMILES string of the molecule is CSC1(CNC2CC(N)C2)CCC1. The lowest BCUT2D eigenvalue weighted by Gasteiger charge is -2.43. The smallest absolute Gasteiger partial charge is 0.0281 e. The van der Waals surface area contributed by atoms with Crippen LogP contribution in [0.4, 0.5) is 0 Å². The lowest BCUT2D eigenvalue weighted by atomic mass is 9.82. The highest BCUT2D eigenvalue weighted by atomic mass is 32.2. The molecule has 2 saturated carbocycles. The van der Waals surface area contributed by atoms with Crippen molar-refractivity contribution in [2.45, 2.75) is 48.9 Å². The van der Waals surface area contributed by atoms with Gasteiger partial charge in [-0.25, -0.2) is 0 Å². The fourth-order valence-corrected chi connectivity index (χ4v) is 3.11. The van der Waals surface area contributed by atoms with Crippen molar-refractivity contribution in [3.63, 3.8) is 0 Å². The molecule has 2 nitrogen and oxygen atoms in total. The zero-order chi connectivity index (χ0) is 9.31. The van der Waals surface area contributed by atoms with Crippen LogP contribution in [-0.2, 0) is 0 Å². The van der Waals surface area contributed by atoms with Gasteiger partial charge in [0, 0.05) is 23.4 Å². The molecule has 0 bridgehead atoms. The second-order valence-electron chi connectivity index (χ2n) is 4.55. The predicted molar refractivity (Wildman–Crippen MR) is 59.1 cm³/mol. The summed E-state index contributed by atoms with van der Waals surface area (Å²) in [7, 11) is 0. The quantitative estimate of drug-likeness (QED) is 0.719. The van der Waals surface area contributed by atoms with E-state index in [1.54, 1.807) is 0 Å². The summed E-state index contributed by atoms with van der Waals surface area (Å²) < 4.78 is 0.583. The second-order valence-corrected chi connectivity index (χ2v) is 5.82. The minimum absolute atomic E-state index is 0.476. The third-order valence-corrected chi connectivity index (χ3v) is 5.00. The van der Waals surface area contributed by atoms with E-state index in [0.29, 0.717) is 10.8 Å². The molecular weight excluding hydrogens is 180 g/mol. The molecule has 0 aliphatic heterocycles. The van der Waals surface area contributed by atoms with E-state index in [4.69, 9.17) is 5.73 Å². The van der Waals surface area contributed by atoms with Crippen molar-refractivity contribution in [1.29, 1.82) is 0 Å². The zero-order valence-corrected chi connectivity index (χ0v) is 9.20. The van der Waals surface area contributed by atoms with E-state index in [2.05, 4.69) is 11.6 Å². The van der Waals surface area contributed by atoms with Crippen LogP contribution in [0.3, 0.4) is 0 Å². The molecule has 2 fully saturated rings. The van der Waals surface area contributed by atoms with Gasteiger partial charge >= 0.3 is 0 Å². The Morgan fingerprint density at radius 2 is 2.15 bits per heavy atom. The maximum Gasteiger partial charge on any atom is 0.0281 e. The van der Waals surface area contributed by atoms with Gasteiger partial charge in [-0.15, -0.1) is 0 Å². The molecule has 76 valence electrons. The number of thioether (sulfide) groups is 1. The second kappa shape index (κ2) is 3.79. The number of hydrogen-bond donors (Lipinski definition) is 2. The van der Waals surface area contributed by atoms with Gasteiger partial charge in [-0.3, -0.25) is 0 Å². The van der Waals surface area contributed by atoms with Crippen molar-refractivity contribution in [2.24, 2.45) is 5.73 Å². The molecule has 0 amide bonds. The molecule has 3 heteroatoms. The molecule has 3 N–H and O–H groups in total. The van der Waals surface area contributed by atoms with E-state index >= 15 is 0 Å². The Bertz CT molecular complexity index is 168. The van der Waals surface area contributed by atoms with Crippen molar-refractivity contribution in [3.8, 4) is 0 Å². The molecule has 13 heavy (non-hydrogen) atoms. The summed E-state index contributed by atoms with van der Waals surface area (Å²) in [5.74, 6) is 0. The molecule has 0 aromatic rings. The van der Waals surface area contributed by atoms with Crippen molar-refractivity contribution in [2.75, 3.05) is 12.8 Å². The highest BCUT2D eigenvalue weighted by Crippen LogP contribution is 2.42. The lowest BCUT2D eigenvalue weighted by Crippen LogP contribution is -2.53. The average Bonchev–Trinajstić information content (AvgIpc) is 1.99. The summed E-state index contributed by atoms with van der Waals surface area (Å²) in [6, 6.07) is 1.20. The van der Waals surface area contributed by atoms with Crippen LogP contribution in [0.25, 0.3) is 0 Å². The van der Waals surface area contributed by atoms with Crippen molar-refractivity contribution in [3.05, 3.63) is 0 Å². The maximum atomic E-state index is 5.74. The van der Waals surface area contributed by atoms with Crippen molar-refractivity contribution in [1.82, 2.24) is 5.32 Å². The van der Waals surface area contributed by atoms with Crippen LogP contribution in [-0.4, -0.2) is 29.6 Å². The lowest BCUT2D eigenvalue weighted by molar-refractivity contribution is 0.257. The van der Waals surface area contributed by atoms with Gasteiger partial charge in [0.05, 0.1) is 0 Å². The van der Waals surface area contributed by atoms with Gasteiger partial charge in [0.15, 0.2) is 0 Å². The fourth-order valence-electron chi connectivity index (χ4n) is 2.18. The van der Waals surface area contributed by atoms with Gasteiger partial charge in [0.25, 0.3) is 0 Å². The first kappa shape index (κ1) is 9.81. The molecular formula is C10H20N2S. The van der Waals surface area contributed by atoms with Crippen LogP contribution in [0, 0.1) is 0 Å². The Hall–Kier alpha value is 0.270. The molecule has 2 rings (SSSR count). The summed E-state index contributed by atoms with van der Waals surface area (Å²) in [6.07, 6.45) is 8.84. The van der Waals surface area contributed by atoms with E-state index in [0.717, 1.165) is 6.04 Å². The van der Waals surface area contributed by atoms with Crippen LogP contribution in [0.1, 0.15) is 32.1 Å². The molecule has 0 aromatic heterocycles. The van der Waals surface area contributed by atoms with Crippen molar-refractivity contribution >= 4 is 11.8 Å². The van der Waals surface area contributed by atoms with Crippen molar-refractivity contribution < 1.29 is 0 Å². The number of hydrogen-bond acceptors (Lipinski definition) is 3. The van der Waals surface area contributed by atoms with Gasteiger partial charge < -0.3 is 11.1 Å². The van der Waals surface area contributed by atoms with Crippen LogP contribution in [0.5, 0.6) is 0 Å². The molecule has 0 atom stereocenters. The van der Waals surface area contributed by atoms with Crippen LogP contribution < -0.4 is 11.1 Å². The molecule has 0 radical (unpaired) electrons. The Morgan fingerprint density at radius 1 is 1.46 bits per heavy atom. The summed E-state index contributed by atoms with van der Waals surface area (Å²) >= 11 is 2.04. The minimum atomic E-state index is 0.476. The molecule has 0 aromatic carbocycles. The largest absolute Gasteiger partial charge is 0.328 e. The molecule has 0 spiro atoms. The Kier molecular flexibility index (Phi) is 2.86. The van der Waals surface area contributed by atoms with Gasteiger partial charge in [0.2, 0.25) is 0 Å². The van der Waals surface area contributed by atoms with Crippen LogP contribution in [0.2, 0.25) is 0 Å². The summed E-state index contributed by atoms with van der Waals surface area (Å²) in [4.78, 5) is 0. The first-order valence-electron chi connectivity index (χ1n) is 5.28. The minimum Gasteiger partial charge on any atom is -0.328 e. The van der Waals surface area contributed by atoms with Gasteiger partial charge in [-0.1, -0.05) is 6.42 Å². The third-order valence-electron chi connectivity index (χ3n) is 3.59. The van der Waals surface area contributed by atoms with E-state index in [1.807, 2.05) is 11.8 Å². The van der Waals surface area contributed by atoms with E-state index in [9.17, 15) is 0 Å². The summed E-state index contributed by atoms with van der Waals surface area (Å²) in [5, 5.41) is 3.64. The fraction of sp³-hybridized carbons (Fsp3) is 1.00.